The quantitative estimate of drug-likeness (QED) is 0.553. The van der Waals surface area contributed by atoms with E-state index in [0.717, 1.165) is 12.2 Å². The zero-order valence-electron chi connectivity index (χ0n) is 11.7. The lowest BCUT2D eigenvalue weighted by atomic mass is 9.84. The number of rotatable bonds is 3. The number of hydrogen-bond acceptors (Lipinski definition) is 5. The summed E-state index contributed by atoms with van der Waals surface area (Å²) in [4.78, 5) is 19.0. The summed E-state index contributed by atoms with van der Waals surface area (Å²) in [7, 11) is 0. The molecule has 0 saturated carbocycles. The highest BCUT2D eigenvalue weighted by Gasteiger charge is 2.35. The van der Waals surface area contributed by atoms with Crippen LogP contribution >= 0.6 is 0 Å². The van der Waals surface area contributed by atoms with E-state index in [1.165, 1.54) is 25.9 Å². The molecule has 6 heteroatoms. The molecule has 0 aliphatic carbocycles. The summed E-state index contributed by atoms with van der Waals surface area (Å²) in [5.74, 6) is 6.00. The van der Waals surface area contributed by atoms with Crippen molar-refractivity contribution in [3.8, 4) is 0 Å². The molecule has 0 spiro atoms. The maximum absolute atomic E-state index is 12.4. The molecule has 0 aromatic carbocycles. The summed E-state index contributed by atoms with van der Waals surface area (Å²) in [6, 6.07) is 2.03. The number of nitrogen functional groups attached to an aromatic ring is 1. The van der Waals surface area contributed by atoms with E-state index >= 15 is 0 Å². The first-order chi connectivity index (χ1) is 9.67. The van der Waals surface area contributed by atoms with Crippen LogP contribution in [0.5, 0.6) is 0 Å². The van der Waals surface area contributed by atoms with Gasteiger partial charge in [-0.15, -0.1) is 0 Å². The van der Waals surface area contributed by atoms with Gasteiger partial charge in [-0.3, -0.25) is 15.6 Å². The Morgan fingerprint density at radius 3 is 2.80 bits per heavy atom. The molecule has 0 radical (unpaired) electrons. The predicted octanol–water partition coefficient (Wildman–Crippen LogP) is 0.500. The first kappa shape index (κ1) is 13.3. The molecule has 4 N–H and O–H groups in total. The van der Waals surface area contributed by atoms with Crippen LogP contribution in [0.1, 0.15) is 28.9 Å². The van der Waals surface area contributed by atoms with Gasteiger partial charge < -0.3 is 15.6 Å². The average molecular weight is 275 g/mol. The van der Waals surface area contributed by atoms with Crippen LogP contribution in [-0.4, -0.2) is 41.5 Å². The summed E-state index contributed by atoms with van der Waals surface area (Å²) in [5, 5.41) is 3.14. The zero-order chi connectivity index (χ0) is 14.1. The van der Waals surface area contributed by atoms with Gasteiger partial charge in [-0.25, -0.2) is 0 Å². The van der Waals surface area contributed by atoms with E-state index in [1.54, 1.807) is 12.3 Å². The number of pyridine rings is 1. The van der Waals surface area contributed by atoms with Crippen LogP contribution in [-0.2, 0) is 0 Å². The highest BCUT2D eigenvalue weighted by Crippen LogP contribution is 2.28. The summed E-state index contributed by atoms with van der Waals surface area (Å²) < 4.78 is 0. The Labute approximate surface area is 118 Å². The lowest BCUT2D eigenvalue weighted by Crippen LogP contribution is -2.57. The van der Waals surface area contributed by atoms with E-state index in [2.05, 4.69) is 20.6 Å². The van der Waals surface area contributed by atoms with Crippen molar-refractivity contribution >= 4 is 11.6 Å². The maximum atomic E-state index is 12.4. The number of carbonyl (C=O) groups is 1. The third kappa shape index (κ3) is 2.48. The minimum absolute atomic E-state index is 0.0933. The lowest BCUT2D eigenvalue weighted by molar-refractivity contribution is 0.0620. The number of nitrogens with zero attached hydrogens (tertiary/aromatic N) is 2. The fraction of sp³-hybridized carbons (Fsp3) is 0.571. The van der Waals surface area contributed by atoms with E-state index in [9.17, 15) is 4.79 Å². The van der Waals surface area contributed by atoms with Crippen molar-refractivity contribution in [1.29, 1.82) is 0 Å². The number of amides is 1. The number of nitrogens with one attached hydrogen (secondary N) is 2. The second-order valence-corrected chi connectivity index (χ2v) is 5.73. The van der Waals surface area contributed by atoms with Crippen molar-refractivity contribution in [2.75, 3.05) is 25.1 Å². The summed E-state index contributed by atoms with van der Waals surface area (Å²) >= 11 is 0. The van der Waals surface area contributed by atoms with Crippen LogP contribution in [0, 0.1) is 12.8 Å². The topological polar surface area (TPSA) is 83.3 Å². The first-order valence-electron chi connectivity index (χ1n) is 7.14. The van der Waals surface area contributed by atoms with E-state index in [0.29, 0.717) is 17.2 Å². The molecule has 3 saturated heterocycles. The minimum Gasteiger partial charge on any atom is -0.348 e. The highest BCUT2D eigenvalue weighted by atomic mass is 16.1. The number of fused-ring (bicyclic) bond motifs is 3. The van der Waals surface area contributed by atoms with Crippen molar-refractivity contribution in [2.45, 2.75) is 25.8 Å². The van der Waals surface area contributed by atoms with E-state index in [1.807, 2.05) is 6.92 Å². The summed E-state index contributed by atoms with van der Waals surface area (Å²) in [5.41, 5.74) is 4.54. The number of aromatic nitrogens is 1. The van der Waals surface area contributed by atoms with E-state index < -0.39 is 0 Å². The number of hydrazine groups is 1. The number of hydrogen-bond donors (Lipinski definition) is 3. The van der Waals surface area contributed by atoms with Gasteiger partial charge in [0.2, 0.25) is 0 Å². The maximum Gasteiger partial charge on any atom is 0.255 e. The molecular weight excluding hydrogens is 254 g/mol. The van der Waals surface area contributed by atoms with Crippen LogP contribution in [0.15, 0.2) is 12.3 Å². The molecule has 20 heavy (non-hydrogen) atoms. The fourth-order valence-electron chi connectivity index (χ4n) is 3.23. The van der Waals surface area contributed by atoms with E-state index in [4.69, 9.17) is 5.84 Å². The number of carbonyl (C=O) groups excluding carboxylic acids is 1. The van der Waals surface area contributed by atoms with Crippen molar-refractivity contribution in [1.82, 2.24) is 15.2 Å². The molecule has 3 aliphatic heterocycles. The number of nitrogens with two attached hydrogens (primary N) is 1. The Hall–Kier alpha value is -1.66. The first-order valence-corrected chi connectivity index (χ1v) is 7.14. The van der Waals surface area contributed by atoms with Crippen LogP contribution in [0.3, 0.4) is 0 Å². The number of aryl methyl sites for hydroxylation is 1. The molecule has 3 fully saturated rings. The molecule has 2 bridgehead atoms. The third-order valence-electron chi connectivity index (χ3n) is 4.41. The number of piperidine rings is 3. The van der Waals surface area contributed by atoms with Crippen LogP contribution in [0.4, 0.5) is 5.69 Å². The Morgan fingerprint density at radius 1 is 1.45 bits per heavy atom. The lowest BCUT2D eigenvalue weighted by Gasteiger charge is -2.44. The molecule has 3 aliphatic rings. The Kier molecular flexibility index (Phi) is 3.58. The smallest absolute Gasteiger partial charge is 0.255 e. The molecule has 4 rings (SSSR count). The van der Waals surface area contributed by atoms with Gasteiger partial charge in [0.15, 0.2) is 0 Å². The SMILES string of the molecule is Cc1cc(NN)c(C(=O)NC2CN3CCC2CC3)cn1. The van der Waals surface area contributed by atoms with Crippen molar-refractivity contribution in [3.05, 3.63) is 23.5 Å². The van der Waals surface area contributed by atoms with Crippen molar-refractivity contribution < 1.29 is 4.79 Å². The molecule has 1 aromatic heterocycles. The van der Waals surface area contributed by atoms with Gasteiger partial charge in [0, 0.05) is 24.5 Å². The monoisotopic (exact) mass is 275 g/mol. The predicted molar refractivity (Wildman–Crippen MR) is 77.2 cm³/mol. The molecule has 4 heterocycles. The van der Waals surface area contributed by atoms with Gasteiger partial charge in [-0.2, -0.15) is 0 Å². The van der Waals surface area contributed by atoms with Gasteiger partial charge >= 0.3 is 0 Å². The summed E-state index contributed by atoms with van der Waals surface area (Å²) in [6.45, 7) is 5.16. The van der Waals surface area contributed by atoms with Crippen molar-refractivity contribution in [3.63, 3.8) is 0 Å². The molecule has 1 aromatic rings. The highest BCUT2D eigenvalue weighted by molar-refractivity contribution is 5.99. The minimum atomic E-state index is -0.0933. The molecular formula is C14H21N5O. The fourth-order valence-corrected chi connectivity index (χ4v) is 3.23. The van der Waals surface area contributed by atoms with Crippen molar-refractivity contribution in [2.24, 2.45) is 11.8 Å². The van der Waals surface area contributed by atoms with Crippen LogP contribution in [0.25, 0.3) is 0 Å². The van der Waals surface area contributed by atoms with E-state index in [-0.39, 0.29) is 11.9 Å². The Balaban J connectivity index is 1.73. The molecule has 1 atom stereocenters. The second-order valence-electron chi connectivity index (χ2n) is 5.73. The Morgan fingerprint density at radius 2 is 2.20 bits per heavy atom. The molecule has 1 unspecified atom stereocenters. The average Bonchev–Trinajstić information content (AvgIpc) is 2.48. The van der Waals surface area contributed by atoms with Gasteiger partial charge in [-0.1, -0.05) is 0 Å². The largest absolute Gasteiger partial charge is 0.348 e. The Bertz CT molecular complexity index is 510. The van der Waals surface area contributed by atoms with Gasteiger partial charge in [0.05, 0.1) is 11.3 Å². The standard InChI is InChI=1S/C14H21N5O/c1-9-6-12(18-15)11(7-16-9)14(20)17-13-8-19-4-2-10(13)3-5-19/h6-7,10,13H,2-5,8,15H2,1H3,(H,16,18)(H,17,20). The second kappa shape index (κ2) is 5.38. The number of anilines is 1. The van der Waals surface area contributed by atoms with Crippen LogP contribution in [0.2, 0.25) is 0 Å². The van der Waals surface area contributed by atoms with Gasteiger partial charge in [0.25, 0.3) is 5.91 Å². The van der Waals surface area contributed by atoms with Crippen LogP contribution < -0.4 is 16.6 Å². The van der Waals surface area contributed by atoms with Gasteiger partial charge in [-0.05, 0) is 44.8 Å². The zero-order valence-corrected chi connectivity index (χ0v) is 11.7. The summed E-state index contributed by atoms with van der Waals surface area (Å²) in [6.07, 6.45) is 3.94. The van der Waals surface area contributed by atoms with Gasteiger partial charge in [0.1, 0.15) is 0 Å². The third-order valence-corrected chi connectivity index (χ3v) is 4.41. The normalized spacial score (nSPS) is 28.2. The molecule has 6 nitrogen and oxygen atoms in total. The molecule has 1 amide bonds. The molecule has 108 valence electrons.